The van der Waals surface area contributed by atoms with Gasteiger partial charge in [-0.3, -0.25) is 14.4 Å². The first kappa shape index (κ1) is 19.0. The SMILES string of the molecule is Cc1ccc(C(=O)N2CCNC(=O)C2CC(=O)OCCC(C)C)cc1. The molecule has 6 nitrogen and oxygen atoms in total. The van der Waals surface area contributed by atoms with Crippen molar-refractivity contribution in [1.82, 2.24) is 10.2 Å². The number of ether oxygens (including phenoxy) is 1. The Morgan fingerprint density at radius 1 is 1.28 bits per heavy atom. The zero-order valence-electron chi connectivity index (χ0n) is 15.1. The van der Waals surface area contributed by atoms with Crippen LogP contribution in [-0.4, -0.2) is 48.4 Å². The highest BCUT2D eigenvalue weighted by atomic mass is 16.5. The summed E-state index contributed by atoms with van der Waals surface area (Å²) in [6, 6.07) is 6.36. The van der Waals surface area contributed by atoms with Gasteiger partial charge in [0, 0.05) is 18.7 Å². The summed E-state index contributed by atoms with van der Waals surface area (Å²) in [4.78, 5) is 38.5. The van der Waals surface area contributed by atoms with E-state index in [-0.39, 0.29) is 18.2 Å². The van der Waals surface area contributed by atoms with E-state index in [4.69, 9.17) is 4.74 Å². The van der Waals surface area contributed by atoms with Gasteiger partial charge < -0.3 is 15.0 Å². The van der Waals surface area contributed by atoms with E-state index in [2.05, 4.69) is 5.32 Å². The predicted octanol–water partition coefficient (Wildman–Crippen LogP) is 1.92. The molecule has 2 rings (SSSR count). The fraction of sp³-hybridized carbons (Fsp3) is 0.526. The fourth-order valence-corrected chi connectivity index (χ4v) is 2.65. The molecule has 0 aromatic heterocycles. The lowest BCUT2D eigenvalue weighted by Gasteiger charge is -2.34. The van der Waals surface area contributed by atoms with Crippen molar-refractivity contribution >= 4 is 17.8 Å². The molecule has 136 valence electrons. The first-order chi connectivity index (χ1) is 11.9. The minimum absolute atomic E-state index is 0.123. The number of carbonyl (C=O) groups excluding carboxylic acids is 3. The Bertz CT molecular complexity index is 625. The molecule has 1 saturated heterocycles. The molecular weight excluding hydrogens is 320 g/mol. The lowest BCUT2D eigenvalue weighted by atomic mass is 10.1. The van der Waals surface area contributed by atoms with Crippen molar-refractivity contribution < 1.29 is 19.1 Å². The molecule has 0 bridgehead atoms. The van der Waals surface area contributed by atoms with E-state index in [0.717, 1.165) is 12.0 Å². The Kier molecular flexibility index (Phi) is 6.56. The largest absolute Gasteiger partial charge is 0.466 e. The monoisotopic (exact) mass is 346 g/mol. The lowest BCUT2D eigenvalue weighted by Crippen LogP contribution is -2.57. The number of nitrogens with one attached hydrogen (secondary N) is 1. The first-order valence-corrected chi connectivity index (χ1v) is 8.69. The summed E-state index contributed by atoms with van der Waals surface area (Å²) in [5.74, 6) is -0.572. The third-order valence-electron chi connectivity index (χ3n) is 4.21. The van der Waals surface area contributed by atoms with Gasteiger partial charge in [-0.1, -0.05) is 31.5 Å². The summed E-state index contributed by atoms with van der Waals surface area (Å²) < 4.78 is 5.20. The molecule has 2 amide bonds. The minimum atomic E-state index is -0.825. The zero-order chi connectivity index (χ0) is 18.4. The lowest BCUT2D eigenvalue weighted by molar-refractivity contribution is -0.148. The number of hydrogen-bond acceptors (Lipinski definition) is 4. The van der Waals surface area contributed by atoms with E-state index in [1.807, 2.05) is 32.9 Å². The van der Waals surface area contributed by atoms with Crippen LogP contribution >= 0.6 is 0 Å². The maximum atomic E-state index is 12.7. The molecular formula is C19H26N2O4. The van der Waals surface area contributed by atoms with Crippen molar-refractivity contribution in [2.75, 3.05) is 19.7 Å². The zero-order valence-corrected chi connectivity index (χ0v) is 15.1. The molecule has 1 heterocycles. The van der Waals surface area contributed by atoms with Crippen LogP contribution in [0.1, 0.15) is 42.6 Å². The highest BCUT2D eigenvalue weighted by Gasteiger charge is 2.35. The van der Waals surface area contributed by atoms with Gasteiger partial charge in [0.25, 0.3) is 5.91 Å². The molecule has 6 heteroatoms. The molecule has 0 aliphatic carbocycles. The van der Waals surface area contributed by atoms with Crippen LogP contribution in [0.2, 0.25) is 0 Å². The molecule has 0 saturated carbocycles. The standard InChI is InChI=1S/C19H26N2O4/c1-13(2)8-11-25-17(22)12-16-18(23)20-9-10-21(16)19(24)15-6-4-14(3)5-7-15/h4-7,13,16H,8-12H2,1-3H3,(H,20,23). The molecule has 1 aliphatic heterocycles. The van der Waals surface area contributed by atoms with Crippen LogP contribution in [0.5, 0.6) is 0 Å². The summed E-state index contributed by atoms with van der Waals surface area (Å²) in [5.41, 5.74) is 1.57. The van der Waals surface area contributed by atoms with Gasteiger partial charge in [0.1, 0.15) is 6.04 Å². The number of esters is 1. The van der Waals surface area contributed by atoms with Gasteiger partial charge in [0.05, 0.1) is 13.0 Å². The average Bonchev–Trinajstić information content (AvgIpc) is 2.56. The molecule has 1 aliphatic rings. The Morgan fingerprint density at radius 2 is 1.96 bits per heavy atom. The summed E-state index contributed by atoms with van der Waals surface area (Å²) in [5, 5.41) is 2.72. The van der Waals surface area contributed by atoms with Gasteiger partial charge in [-0.15, -0.1) is 0 Å². The van der Waals surface area contributed by atoms with E-state index in [1.165, 1.54) is 4.90 Å². The Balaban J connectivity index is 2.04. The van der Waals surface area contributed by atoms with E-state index in [1.54, 1.807) is 12.1 Å². The number of hydrogen-bond donors (Lipinski definition) is 1. The predicted molar refractivity (Wildman–Crippen MR) is 94.0 cm³/mol. The second-order valence-corrected chi connectivity index (χ2v) is 6.78. The molecule has 1 atom stereocenters. The molecule has 1 aromatic carbocycles. The van der Waals surface area contributed by atoms with Crippen LogP contribution in [0.3, 0.4) is 0 Å². The minimum Gasteiger partial charge on any atom is -0.466 e. The highest BCUT2D eigenvalue weighted by Crippen LogP contribution is 2.15. The smallest absolute Gasteiger partial charge is 0.308 e. The topological polar surface area (TPSA) is 75.7 Å². The van der Waals surface area contributed by atoms with Crippen LogP contribution in [-0.2, 0) is 14.3 Å². The molecule has 1 unspecified atom stereocenters. The number of nitrogens with zero attached hydrogens (tertiary/aromatic N) is 1. The Labute approximate surface area is 148 Å². The summed E-state index contributed by atoms with van der Waals surface area (Å²) in [7, 11) is 0. The van der Waals surface area contributed by atoms with Gasteiger partial charge in [0.2, 0.25) is 5.91 Å². The van der Waals surface area contributed by atoms with Gasteiger partial charge in [-0.2, -0.15) is 0 Å². The molecule has 25 heavy (non-hydrogen) atoms. The molecule has 0 radical (unpaired) electrons. The average molecular weight is 346 g/mol. The quantitative estimate of drug-likeness (QED) is 0.799. The number of aryl methyl sites for hydroxylation is 1. The normalized spacial score (nSPS) is 17.4. The van der Waals surface area contributed by atoms with Crippen LogP contribution < -0.4 is 5.32 Å². The Morgan fingerprint density at radius 3 is 2.60 bits per heavy atom. The van der Waals surface area contributed by atoms with E-state index >= 15 is 0 Å². The van der Waals surface area contributed by atoms with E-state index < -0.39 is 12.0 Å². The van der Waals surface area contributed by atoms with Crippen LogP contribution in [0, 0.1) is 12.8 Å². The van der Waals surface area contributed by atoms with Crippen molar-refractivity contribution in [3.8, 4) is 0 Å². The summed E-state index contributed by atoms with van der Waals surface area (Å²) >= 11 is 0. The number of amides is 2. The summed E-state index contributed by atoms with van der Waals surface area (Å²) in [6.45, 7) is 7.13. The van der Waals surface area contributed by atoms with Gasteiger partial charge in [-0.25, -0.2) is 0 Å². The number of rotatable bonds is 6. The fourth-order valence-electron chi connectivity index (χ4n) is 2.65. The number of piperazine rings is 1. The second kappa shape index (κ2) is 8.65. The Hall–Kier alpha value is -2.37. The van der Waals surface area contributed by atoms with Crippen molar-refractivity contribution in [3.05, 3.63) is 35.4 Å². The highest BCUT2D eigenvalue weighted by molar-refractivity contribution is 5.99. The third-order valence-corrected chi connectivity index (χ3v) is 4.21. The van der Waals surface area contributed by atoms with Crippen LogP contribution in [0.15, 0.2) is 24.3 Å². The number of carbonyl (C=O) groups is 3. The first-order valence-electron chi connectivity index (χ1n) is 8.69. The van der Waals surface area contributed by atoms with Crippen LogP contribution in [0.25, 0.3) is 0 Å². The van der Waals surface area contributed by atoms with Gasteiger partial charge in [0.15, 0.2) is 0 Å². The molecule has 0 spiro atoms. The van der Waals surface area contributed by atoms with Gasteiger partial charge in [-0.05, 0) is 31.4 Å². The molecule has 1 aromatic rings. The van der Waals surface area contributed by atoms with Crippen molar-refractivity contribution in [2.24, 2.45) is 5.92 Å². The molecule has 1 fully saturated rings. The second-order valence-electron chi connectivity index (χ2n) is 6.78. The van der Waals surface area contributed by atoms with E-state index in [9.17, 15) is 14.4 Å². The third kappa shape index (κ3) is 5.31. The van der Waals surface area contributed by atoms with Crippen molar-refractivity contribution in [1.29, 1.82) is 0 Å². The van der Waals surface area contributed by atoms with E-state index in [0.29, 0.717) is 31.2 Å². The summed E-state index contributed by atoms with van der Waals surface area (Å²) in [6.07, 6.45) is 0.649. The van der Waals surface area contributed by atoms with Crippen molar-refractivity contribution in [3.63, 3.8) is 0 Å². The maximum absolute atomic E-state index is 12.7. The van der Waals surface area contributed by atoms with Crippen LogP contribution in [0.4, 0.5) is 0 Å². The van der Waals surface area contributed by atoms with Gasteiger partial charge >= 0.3 is 5.97 Å². The maximum Gasteiger partial charge on any atom is 0.308 e. The molecule has 1 N–H and O–H groups in total. The van der Waals surface area contributed by atoms with Crippen molar-refractivity contribution in [2.45, 2.75) is 39.7 Å². The number of benzene rings is 1.